The molecule has 7 rings (SSSR count). The molecule has 0 spiro atoms. The summed E-state index contributed by atoms with van der Waals surface area (Å²) in [6.07, 6.45) is 0. The molecule has 262 valence electrons. The third-order valence-electron chi connectivity index (χ3n) is 10.5. The SMILES string of the molecule is Cc1cc2c3c(c1)N(c1ccc(C(C)(C)C)cc1)c1ccc(C(C)(C)C)cc1N3c1cc(C(C)(C)C)ccc1N2c1ccc(C(C)(C)C)cc1.[2H][B]. The van der Waals surface area contributed by atoms with E-state index in [-0.39, 0.29) is 21.7 Å². The molecular weight excluding hydrogens is 617 g/mol. The van der Waals surface area contributed by atoms with Gasteiger partial charge in [-0.1, -0.05) is 119 Å². The lowest BCUT2D eigenvalue weighted by Gasteiger charge is -2.48. The lowest BCUT2D eigenvalue weighted by Crippen LogP contribution is -2.31. The van der Waals surface area contributed by atoms with E-state index in [4.69, 9.17) is 1.34 Å². The third kappa shape index (κ3) is 6.26. The molecule has 0 aromatic heterocycles. The zero-order chi connectivity index (χ0) is 38.1. The number of hydrogen-bond donors (Lipinski definition) is 0. The maximum atomic E-state index is 5.25. The number of fused-ring (bicyclic) bond motifs is 4. The molecule has 0 amide bonds. The van der Waals surface area contributed by atoms with E-state index in [0.29, 0.717) is 0 Å². The fourth-order valence-corrected chi connectivity index (χ4v) is 7.43. The monoisotopic (exact) mass is 674 g/mol. The van der Waals surface area contributed by atoms with Gasteiger partial charge in [-0.2, -0.15) is 0 Å². The maximum absolute atomic E-state index is 5.25. The van der Waals surface area contributed by atoms with Crippen LogP contribution in [-0.2, 0) is 21.7 Å². The van der Waals surface area contributed by atoms with Gasteiger partial charge < -0.3 is 14.7 Å². The molecule has 3 nitrogen and oxygen atoms in total. The molecule has 2 radical (unpaired) electrons. The van der Waals surface area contributed by atoms with Crippen molar-refractivity contribution in [1.29, 1.82) is 1.34 Å². The Morgan fingerprint density at radius 2 is 0.686 bits per heavy atom. The average Bonchev–Trinajstić information content (AvgIpc) is 3.07. The van der Waals surface area contributed by atoms with Gasteiger partial charge in [0.25, 0.3) is 0 Å². The molecule has 5 aromatic carbocycles. The summed E-state index contributed by atoms with van der Waals surface area (Å²) in [7, 11) is 3.75. The molecule has 0 N–H and O–H groups in total. The van der Waals surface area contributed by atoms with Gasteiger partial charge in [0.1, 0.15) is 0 Å². The molecule has 2 heterocycles. The number of anilines is 9. The number of rotatable bonds is 2. The molecule has 0 bridgehead atoms. The Balaban J connectivity index is 0.00000228. The van der Waals surface area contributed by atoms with E-state index in [9.17, 15) is 0 Å². The second kappa shape index (κ2) is 12.1. The molecule has 5 aromatic rings. The number of hydrogen-bond acceptors (Lipinski definition) is 3. The van der Waals surface area contributed by atoms with Crippen LogP contribution in [0.1, 0.15) is 111 Å². The zero-order valence-electron chi connectivity index (χ0n) is 34.2. The Labute approximate surface area is 311 Å². The molecule has 0 saturated carbocycles. The first kappa shape index (κ1) is 35.0. The van der Waals surface area contributed by atoms with Crippen LogP contribution in [0.25, 0.3) is 0 Å². The topological polar surface area (TPSA) is 9.72 Å². The minimum atomic E-state index is -0.00267. The highest BCUT2D eigenvalue weighted by molar-refractivity contribution is 6.12. The van der Waals surface area contributed by atoms with Crippen molar-refractivity contribution in [3.63, 3.8) is 0 Å². The Bertz CT molecular complexity index is 1960. The Hall–Kier alpha value is -4.44. The lowest BCUT2D eigenvalue weighted by molar-refractivity contribution is 0.590. The van der Waals surface area contributed by atoms with E-state index < -0.39 is 0 Å². The van der Waals surface area contributed by atoms with Crippen molar-refractivity contribution in [3.05, 3.63) is 125 Å². The van der Waals surface area contributed by atoms with Gasteiger partial charge in [-0.05, 0) is 118 Å². The third-order valence-corrected chi connectivity index (χ3v) is 10.5. The van der Waals surface area contributed by atoms with E-state index in [1.54, 1.807) is 0 Å². The summed E-state index contributed by atoms with van der Waals surface area (Å²) in [4.78, 5) is 7.56. The number of aryl methyl sites for hydroxylation is 1. The molecule has 0 aliphatic carbocycles. The van der Waals surface area contributed by atoms with E-state index in [1.165, 1.54) is 79.0 Å². The highest BCUT2D eigenvalue weighted by Gasteiger charge is 2.40. The molecule has 0 atom stereocenters. The van der Waals surface area contributed by atoms with E-state index in [2.05, 4.69) is 210 Å². The van der Waals surface area contributed by atoms with Crippen LogP contribution in [0.15, 0.2) is 97.1 Å². The van der Waals surface area contributed by atoms with Crippen LogP contribution in [0.3, 0.4) is 0 Å². The minimum absolute atomic E-state index is 0.00267. The summed E-state index contributed by atoms with van der Waals surface area (Å²) in [5.74, 6) is 0. The zero-order valence-corrected chi connectivity index (χ0v) is 33.2. The van der Waals surface area contributed by atoms with Crippen molar-refractivity contribution in [2.24, 2.45) is 0 Å². The smallest absolute Gasteiger partial charge is 0.0948 e. The standard InChI is InChI=1S/C47H55N3.BH/c1-30-26-41-43-42(27-30)49(36-22-16-32(17-23-36)45(5,6)7)38-25-19-34(47(11,12)13)29-40(38)50(43)39-28-33(46(8,9)10)18-24-37(39)48(41)35-20-14-31(15-21-35)44(2,3)4;/h14-29H,1-13H3;1H/i;1D. The Morgan fingerprint density at radius 3 is 1.00 bits per heavy atom. The number of benzene rings is 5. The average molecular weight is 675 g/mol. The van der Waals surface area contributed by atoms with Crippen molar-refractivity contribution in [3.8, 4) is 0 Å². The second-order valence-electron chi connectivity index (χ2n) is 18.7. The first-order valence-corrected chi connectivity index (χ1v) is 18.3. The van der Waals surface area contributed by atoms with Gasteiger partial charge in [-0.15, -0.1) is 0 Å². The number of nitrogens with zero attached hydrogens (tertiary/aromatic N) is 3. The summed E-state index contributed by atoms with van der Waals surface area (Å²) in [5, 5.41) is 0. The van der Waals surface area contributed by atoms with Gasteiger partial charge in [-0.3, -0.25) is 0 Å². The van der Waals surface area contributed by atoms with Gasteiger partial charge in [0.15, 0.2) is 0 Å². The molecule has 4 heteroatoms. The van der Waals surface area contributed by atoms with Gasteiger partial charge in [0.2, 0.25) is 0 Å². The van der Waals surface area contributed by atoms with E-state index in [1.807, 2.05) is 0 Å². The summed E-state index contributed by atoms with van der Waals surface area (Å²) in [5.41, 5.74) is 17.5. The summed E-state index contributed by atoms with van der Waals surface area (Å²) >= 11 is 0. The fraction of sp³-hybridized carbons (Fsp3) is 0.362. The first-order chi connectivity index (χ1) is 24.2. The van der Waals surface area contributed by atoms with Crippen molar-refractivity contribution < 1.29 is 0 Å². The first-order valence-electron chi connectivity index (χ1n) is 18.9. The van der Waals surface area contributed by atoms with Gasteiger partial charge in [0, 0.05) is 19.8 Å². The van der Waals surface area contributed by atoms with Crippen LogP contribution in [0.4, 0.5) is 51.2 Å². The fourth-order valence-electron chi connectivity index (χ4n) is 7.43. The minimum Gasteiger partial charge on any atom is -0.306 e. The molecule has 2 aliphatic heterocycles. The van der Waals surface area contributed by atoms with Crippen LogP contribution < -0.4 is 14.7 Å². The van der Waals surface area contributed by atoms with Crippen molar-refractivity contribution in [2.45, 2.75) is 112 Å². The molecule has 51 heavy (non-hydrogen) atoms. The van der Waals surface area contributed by atoms with Crippen LogP contribution in [0.2, 0.25) is 0 Å². The Morgan fingerprint density at radius 1 is 0.373 bits per heavy atom. The highest BCUT2D eigenvalue weighted by Crippen LogP contribution is 2.64. The van der Waals surface area contributed by atoms with Crippen LogP contribution in [0, 0.1) is 6.92 Å². The molecular formula is C47H56BN3. The van der Waals surface area contributed by atoms with E-state index >= 15 is 0 Å². The molecule has 0 saturated heterocycles. The predicted octanol–water partition coefficient (Wildman–Crippen LogP) is 13.6. The Kier molecular flexibility index (Phi) is 8.28. The quantitative estimate of drug-likeness (QED) is 0.169. The largest absolute Gasteiger partial charge is 0.306 e. The van der Waals surface area contributed by atoms with Crippen molar-refractivity contribution in [2.75, 3.05) is 14.7 Å². The van der Waals surface area contributed by atoms with Crippen LogP contribution >= 0.6 is 0 Å². The summed E-state index contributed by atoms with van der Waals surface area (Å²) in [6.45, 7) is 29.8. The molecule has 0 unspecified atom stereocenters. The van der Waals surface area contributed by atoms with Gasteiger partial charge >= 0.3 is 0 Å². The highest BCUT2D eigenvalue weighted by atomic mass is 15.3. The van der Waals surface area contributed by atoms with Crippen LogP contribution in [0.5, 0.6) is 0 Å². The van der Waals surface area contributed by atoms with Gasteiger partial charge in [-0.25, -0.2) is 0 Å². The summed E-state index contributed by atoms with van der Waals surface area (Å²) in [6, 6.07) is 37.5. The molecule has 2 aliphatic rings. The van der Waals surface area contributed by atoms with Crippen molar-refractivity contribution in [1.82, 2.24) is 0 Å². The van der Waals surface area contributed by atoms with Crippen molar-refractivity contribution >= 4 is 59.6 Å². The maximum Gasteiger partial charge on any atom is 0.0948 e. The second-order valence-corrected chi connectivity index (χ2v) is 18.7. The molecule has 0 fully saturated rings. The summed E-state index contributed by atoms with van der Waals surface area (Å²) < 4.78 is 5.25. The predicted molar refractivity (Wildman–Crippen MR) is 224 cm³/mol. The lowest BCUT2D eigenvalue weighted by atomic mass is 9.84. The normalized spacial score (nSPS) is 14.2. The van der Waals surface area contributed by atoms with Crippen LogP contribution in [-0.4, -0.2) is 9.71 Å². The van der Waals surface area contributed by atoms with E-state index in [0.717, 1.165) is 0 Å². The van der Waals surface area contributed by atoms with Gasteiger partial charge in [0.05, 0.1) is 39.8 Å².